The molecule has 2 rings (SSSR count). The maximum absolute atomic E-state index is 5.19. The number of fused-ring (bicyclic) bond motifs is 1. The smallest absolute Gasteiger partial charge is 0.122 e. The molecule has 0 fully saturated rings. The average molecular weight is 190 g/mol. The first kappa shape index (κ1) is 9.06. The number of methoxy groups -OCH3 is 1. The van der Waals surface area contributed by atoms with Crippen molar-refractivity contribution in [2.75, 3.05) is 7.11 Å². The van der Waals surface area contributed by atoms with Crippen molar-refractivity contribution in [2.45, 2.75) is 19.8 Å². The van der Waals surface area contributed by atoms with E-state index in [1.54, 1.807) is 7.11 Å². The van der Waals surface area contributed by atoms with E-state index in [0.29, 0.717) is 5.92 Å². The fourth-order valence-corrected chi connectivity index (χ4v) is 1.55. The molecule has 0 aliphatic heterocycles. The summed E-state index contributed by atoms with van der Waals surface area (Å²) in [6.07, 6.45) is 3.83. The lowest BCUT2D eigenvalue weighted by Crippen LogP contribution is -1.90. The van der Waals surface area contributed by atoms with Gasteiger partial charge in [-0.25, -0.2) is 4.52 Å². The molecule has 0 amide bonds. The maximum Gasteiger partial charge on any atom is 0.122 e. The number of pyridine rings is 1. The van der Waals surface area contributed by atoms with Crippen molar-refractivity contribution in [3.63, 3.8) is 0 Å². The van der Waals surface area contributed by atoms with Crippen LogP contribution in [0, 0.1) is 0 Å². The number of rotatable bonds is 2. The first-order valence-electron chi connectivity index (χ1n) is 4.73. The van der Waals surface area contributed by atoms with Gasteiger partial charge in [-0.2, -0.15) is 5.10 Å². The number of ether oxygens (including phenoxy) is 1. The van der Waals surface area contributed by atoms with Gasteiger partial charge in [-0.1, -0.05) is 13.8 Å². The van der Waals surface area contributed by atoms with E-state index >= 15 is 0 Å². The molecule has 0 unspecified atom stereocenters. The van der Waals surface area contributed by atoms with E-state index in [4.69, 9.17) is 4.74 Å². The van der Waals surface area contributed by atoms with Crippen LogP contribution in [0.3, 0.4) is 0 Å². The van der Waals surface area contributed by atoms with E-state index in [1.807, 2.05) is 29.0 Å². The van der Waals surface area contributed by atoms with Crippen LogP contribution in [0.25, 0.3) is 5.52 Å². The Labute approximate surface area is 83.3 Å². The molecular weight excluding hydrogens is 176 g/mol. The lowest BCUT2D eigenvalue weighted by Gasteiger charge is -2.04. The van der Waals surface area contributed by atoms with E-state index in [9.17, 15) is 0 Å². The molecule has 0 aromatic carbocycles. The van der Waals surface area contributed by atoms with Crippen LogP contribution in [0.5, 0.6) is 5.75 Å². The Morgan fingerprint density at radius 2 is 2.21 bits per heavy atom. The van der Waals surface area contributed by atoms with Crippen LogP contribution in [0.2, 0.25) is 0 Å². The van der Waals surface area contributed by atoms with Crippen molar-refractivity contribution in [3.8, 4) is 5.75 Å². The normalized spacial score (nSPS) is 11.1. The van der Waals surface area contributed by atoms with Gasteiger partial charge < -0.3 is 4.74 Å². The Morgan fingerprint density at radius 3 is 2.86 bits per heavy atom. The molecule has 2 aromatic rings. The summed E-state index contributed by atoms with van der Waals surface area (Å²) < 4.78 is 7.06. The lowest BCUT2D eigenvalue weighted by atomic mass is 10.1. The second-order valence-corrected chi connectivity index (χ2v) is 3.65. The fourth-order valence-electron chi connectivity index (χ4n) is 1.55. The van der Waals surface area contributed by atoms with Crippen molar-refractivity contribution < 1.29 is 4.74 Å². The van der Waals surface area contributed by atoms with Gasteiger partial charge in [-0.3, -0.25) is 0 Å². The number of aromatic nitrogens is 2. The zero-order chi connectivity index (χ0) is 10.1. The van der Waals surface area contributed by atoms with E-state index in [-0.39, 0.29) is 0 Å². The third-order valence-corrected chi connectivity index (χ3v) is 2.38. The molecule has 0 bridgehead atoms. The predicted octanol–water partition coefficient (Wildman–Crippen LogP) is 2.47. The van der Waals surface area contributed by atoms with Gasteiger partial charge in [0, 0.05) is 17.8 Å². The minimum absolute atomic E-state index is 0.486. The lowest BCUT2D eigenvalue weighted by molar-refractivity contribution is 0.414. The molecule has 14 heavy (non-hydrogen) atoms. The molecule has 2 aromatic heterocycles. The van der Waals surface area contributed by atoms with Crippen LogP contribution in [-0.4, -0.2) is 16.7 Å². The SMILES string of the molecule is COc1ccn2ncc(C(C)C)c2c1. The molecule has 2 heterocycles. The number of hydrogen-bond donors (Lipinski definition) is 0. The van der Waals surface area contributed by atoms with Crippen LogP contribution in [-0.2, 0) is 0 Å². The van der Waals surface area contributed by atoms with E-state index < -0.39 is 0 Å². The summed E-state index contributed by atoms with van der Waals surface area (Å²) in [5, 5.41) is 4.28. The Kier molecular flexibility index (Phi) is 2.15. The van der Waals surface area contributed by atoms with E-state index in [0.717, 1.165) is 11.3 Å². The average Bonchev–Trinajstić information content (AvgIpc) is 2.59. The molecule has 0 aliphatic rings. The monoisotopic (exact) mass is 190 g/mol. The molecule has 74 valence electrons. The molecular formula is C11H14N2O. The zero-order valence-electron chi connectivity index (χ0n) is 8.69. The summed E-state index contributed by atoms with van der Waals surface area (Å²) in [7, 11) is 1.68. The Morgan fingerprint density at radius 1 is 1.43 bits per heavy atom. The summed E-state index contributed by atoms with van der Waals surface area (Å²) in [6, 6.07) is 3.92. The Hall–Kier alpha value is -1.51. The van der Waals surface area contributed by atoms with Gasteiger partial charge in [0.1, 0.15) is 5.75 Å². The highest BCUT2D eigenvalue weighted by molar-refractivity contribution is 5.57. The van der Waals surface area contributed by atoms with Crippen LogP contribution < -0.4 is 4.74 Å². The minimum atomic E-state index is 0.486. The summed E-state index contributed by atoms with van der Waals surface area (Å²) in [6.45, 7) is 4.33. The Balaban J connectivity index is 2.63. The molecule has 0 saturated carbocycles. The topological polar surface area (TPSA) is 26.5 Å². The third kappa shape index (κ3) is 1.35. The minimum Gasteiger partial charge on any atom is -0.497 e. The van der Waals surface area contributed by atoms with Gasteiger partial charge in [0.25, 0.3) is 0 Å². The van der Waals surface area contributed by atoms with Crippen LogP contribution >= 0.6 is 0 Å². The molecule has 0 radical (unpaired) electrons. The zero-order valence-corrected chi connectivity index (χ0v) is 8.69. The third-order valence-electron chi connectivity index (χ3n) is 2.38. The second kappa shape index (κ2) is 3.33. The highest BCUT2D eigenvalue weighted by Gasteiger charge is 2.07. The summed E-state index contributed by atoms with van der Waals surface area (Å²) >= 11 is 0. The molecule has 3 nitrogen and oxygen atoms in total. The first-order valence-corrected chi connectivity index (χ1v) is 4.73. The van der Waals surface area contributed by atoms with Crippen LogP contribution in [0.4, 0.5) is 0 Å². The van der Waals surface area contributed by atoms with Gasteiger partial charge in [0.15, 0.2) is 0 Å². The summed E-state index contributed by atoms with van der Waals surface area (Å²) in [5.41, 5.74) is 2.38. The summed E-state index contributed by atoms with van der Waals surface area (Å²) in [4.78, 5) is 0. The predicted molar refractivity (Wildman–Crippen MR) is 55.8 cm³/mol. The molecule has 0 atom stereocenters. The molecule has 3 heteroatoms. The first-order chi connectivity index (χ1) is 6.72. The quantitative estimate of drug-likeness (QED) is 0.727. The van der Waals surface area contributed by atoms with Crippen molar-refractivity contribution in [1.82, 2.24) is 9.61 Å². The molecule has 0 N–H and O–H groups in total. The molecule has 0 aliphatic carbocycles. The van der Waals surface area contributed by atoms with Crippen molar-refractivity contribution in [2.24, 2.45) is 0 Å². The maximum atomic E-state index is 5.19. The second-order valence-electron chi connectivity index (χ2n) is 3.65. The number of nitrogens with zero attached hydrogens (tertiary/aromatic N) is 2. The largest absolute Gasteiger partial charge is 0.497 e. The van der Waals surface area contributed by atoms with Gasteiger partial charge in [-0.05, 0) is 12.0 Å². The van der Waals surface area contributed by atoms with E-state index in [2.05, 4.69) is 18.9 Å². The highest BCUT2D eigenvalue weighted by atomic mass is 16.5. The van der Waals surface area contributed by atoms with Crippen molar-refractivity contribution in [1.29, 1.82) is 0 Å². The van der Waals surface area contributed by atoms with Gasteiger partial charge in [-0.15, -0.1) is 0 Å². The van der Waals surface area contributed by atoms with Gasteiger partial charge in [0.05, 0.1) is 18.8 Å². The van der Waals surface area contributed by atoms with Crippen LogP contribution in [0.1, 0.15) is 25.3 Å². The van der Waals surface area contributed by atoms with Crippen molar-refractivity contribution >= 4 is 5.52 Å². The van der Waals surface area contributed by atoms with Gasteiger partial charge in [0.2, 0.25) is 0 Å². The Bertz CT molecular complexity index is 445. The standard InChI is InChI=1S/C11H14N2O/c1-8(2)10-7-12-13-5-4-9(14-3)6-11(10)13/h4-8H,1-3H3. The number of hydrogen-bond acceptors (Lipinski definition) is 2. The van der Waals surface area contributed by atoms with Crippen molar-refractivity contribution in [3.05, 3.63) is 30.1 Å². The van der Waals surface area contributed by atoms with Gasteiger partial charge >= 0.3 is 0 Å². The summed E-state index contributed by atoms with van der Waals surface area (Å²) in [5.74, 6) is 1.36. The van der Waals surface area contributed by atoms with E-state index in [1.165, 1.54) is 5.56 Å². The highest BCUT2D eigenvalue weighted by Crippen LogP contribution is 2.23. The fraction of sp³-hybridized carbons (Fsp3) is 0.364. The molecule has 0 saturated heterocycles. The van der Waals surface area contributed by atoms with Crippen LogP contribution in [0.15, 0.2) is 24.5 Å². The molecule has 0 spiro atoms.